The molecule has 0 spiro atoms. The minimum atomic E-state index is 0.836. The van der Waals surface area contributed by atoms with E-state index in [1.54, 1.807) is 0 Å². The molecule has 0 unspecified atom stereocenters. The predicted molar refractivity (Wildman–Crippen MR) is 94.4 cm³/mol. The summed E-state index contributed by atoms with van der Waals surface area (Å²) in [6.07, 6.45) is 1.86. The maximum Gasteiger partial charge on any atom is 0.0911 e. The van der Waals surface area contributed by atoms with E-state index < -0.39 is 0 Å². The fourth-order valence-corrected chi connectivity index (χ4v) is 3.12. The molecule has 2 aromatic carbocycles. The summed E-state index contributed by atoms with van der Waals surface area (Å²) >= 11 is 0. The van der Waals surface area contributed by atoms with Crippen LogP contribution in [-0.2, 0) is 13.1 Å². The molecule has 0 saturated carbocycles. The van der Waals surface area contributed by atoms with E-state index in [0.717, 1.165) is 25.5 Å². The summed E-state index contributed by atoms with van der Waals surface area (Å²) in [5.41, 5.74) is 5.02. The van der Waals surface area contributed by atoms with Crippen LogP contribution in [0.3, 0.4) is 0 Å². The van der Waals surface area contributed by atoms with Crippen molar-refractivity contribution in [3.05, 3.63) is 90.3 Å². The molecule has 0 amide bonds. The molecule has 0 saturated heterocycles. The van der Waals surface area contributed by atoms with Gasteiger partial charge in [-0.15, -0.1) is 0 Å². The fourth-order valence-electron chi connectivity index (χ4n) is 3.12. The molecule has 0 fully saturated rings. The number of nitrogens with zero attached hydrogens (tertiary/aromatic N) is 3. The molecule has 0 radical (unpaired) electrons. The zero-order valence-electron chi connectivity index (χ0n) is 13.0. The molecule has 0 atom stereocenters. The van der Waals surface area contributed by atoms with E-state index in [0.29, 0.717) is 0 Å². The third-order valence-electron chi connectivity index (χ3n) is 4.20. The monoisotopic (exact) mass is 301 g/mol. The Balaban J connectivity index is 1.59. The molecule has 3 heteroatoms. The minimum absolute atomic E-state index is 0.836. The number of rotatable bonds is 4. The Morgan fingerprint density at radius 2 is 1.35 bits per heavy atom. The van der Waals surface area contributed by atoms with Crippen LogP contribution < -0.4 is 9.80 Å². The maximum absolute atomic E-state index is 4.46. The quantitative estimate of drug-likeness (QED) is 0.724. The Bertz CT molecular complexity index is 705. The Labute approximate surface area is 136 Å². The molecule has 114 valence electrons. The summed E-state index contributed by atoms with van der Waals surface area (Å²) < 4.78 is 0. The van der Waals surface area contributed by atoms with E-state index in [4.69, 9.17) is 0 Å². The molecule has 4 rings (SSSR count). The lowest BCUT2D eigenvalue weighted by Crippen LogP contribution is -2.30. The van der Waals surface area contributed by atoms with E-state index in [1.807, 2.05) is 18.3 Å². The third-order valence-corrected chi connectivity index (χ3v) is 4.20. The summed E-state index contributed by atoms with van der Waals surface area (Å²) in [7, 11) is 0. The number of hydrogen-bond donors (Lipinski definition) is 0. The Hall–Kier alpha value is -2.81. The van der Waals surface area contributed by atoms with Gasteiger partial charge in [-0.3, -0.25) is 4.98 Å². The van der Waals surface area contributed by atoms with Crippen LogP contribution in [-0.4, -0.2) is 11.7 Å². The normalized spacial score (nSPS) is 13.2. The second kappa shape index (κ2) is 6.13. The predicted octanol–water partition coefficient (Wildman–Crippen LogP) is 4.07. The van der Waals surface area contributed by atoms with Crippen molar-refractivity contribution in [2.45, 2.75) is 13.1 Å². The second-order valence-corrected chi connectivity index (χ2v) is 5.83. The highest BCUT2D eigenvalue weighted by atomic mass is 15.4. The molecule has 1 aliphatic heterocycles. The summed E-state index contributed by atoms with van der Waals surface area (Å²) in [5, 5.41) is 0. The topological polar surface area (TPSA) is 19.4 Å². The van der Waals surface area contributed by atoms with E-state index in [2.05, 4.69) is 75.4 Å². The van der Waals surface area contributed by atoms with E-state index in [9.17, 15) is 0 Å². The van der Waals surface area contributed by atoms with Gasteiger partial charge in [0.25, 0.3) is 0 Å². The van der Waals surface area contributed by atoms with Gasteiger partial charge in [-0.05, 0) is 29.8 Å². The van der Waals surface area contributed by atoms with Gasteiger partial charge in [-0.1, -0.05) is 48.5 Å². The van der Waals surface area contributed by atoms with Crippen molar-refractivity contribution >= 4 is 11.4 Å². The van der Waals surface area contributed by atoms with Crippen LogP contribution in [0.2, 0.25) is 0 Å². The molecule has 1 aliphatic rings. The summed E-state index contributed by atoms with van der Waals surface area (Å²) in [6, 6.07) is 25.4. The van der Waals surface area contributed by atoms with Crippen LogP contribution in [0.4, 0.5) is 11.4 Å². The standard InChI is InChI=1S/C20H19N3/c1-2-8-17(9-3-1)14-22-16-23(15-18-10-6-7-13-21-18)20-12-5-4-11-19(20)22/h1-13H,14-16H2. The van der Waals surface area contributed by atoms with Crippen LogP contribution in [0.1, 0.15) is 11.3 Å². The largest absolute Gasteiger partial charge is 0.348 e. The average Bonchev–Trinajstić information content (AvgIpc) is 2.95. The van der Waals surface area contributed by atoms with Gasteiger partial charge in [0.2, 0.25) is 0 Å². The number of fused-ring (bicyclic) bond motifs is 1. The van der Waals surface area contributed by atoms with Gasteiger partial charge in [0.15, 0.2) is 0 Å². The van der Waals surface area contributed by atoms with Gasteiger partial charge >= 0.3 is 0 Å². The highest BCUT2D eigenvalue weighted by Crippen LogP contribution is 2.37. The van der Waals surface area contributed by atoms with Crippen molar-refractivity contribution in [1.82, 2.24) is 4.98 Å². The van der Waals surface area contributed by atoms with Crippen molar-refractivity contribution < 1.29 is 0 Å². The second-order valence-electron chi connectivity index (χ2n) is 5.83. The zero-order chi connectivity index (χ0) is 15.5. The molecule has 1 aromatic heterocycles. The first kappa shape index (κ1) is 13.8. The van der Waals surface area contributed by atoms with Crippen LogP contribution in [0, 0.1) is 0 Å². The number of hydrogen-bond acceptors (Lipinski definition) is 3. The summed E-state index contributed by atoms with van der Waals surface area (Å²) in [5.74, 6) is 0. The Kier molecular flexibility index (Phi) is 3.68. The van der Waals surface area contributed by atoms with Gasteiger partial charge < -0.3 is 9.80 Å². The Morgan fingerprint density at radius 3 is 2.04 bits per heavy atom. The van der Waals surface area contributed by atoms with Crippen LogP contribution in [0.5, 0.6) is 0 Å². The molecule has 0 aliphatic carbocycles. The first-order chi connectivity index (χ1) is 11.4. The lowest BCUT2D eigenvalue weighted by Gasteiger charge is -2.21. The van der Waals surface area contributed by atoms with Gasteiger partial charge in [0, 0.05) is 12.7 Å². The van der Waals surface area contributed by atoms with Gasteiger partial charge in [-0.25, -0.2) is 0 Å². The van der Waals surface area contributed by atoms with Crippen LogP contribution >= 0.6 is 0 Å². The van der Waals surface area contributed by atoms with E-state index in [-0.39, 0.29) is 0 Å². The van der Waals surface area contributed by atoms with Gasteiger partial charge in [0.1, 0.15) is 0 Å². The molecule has 2 heterocycles. The number of benzene rings is 2. The summed E-state index contributed by atoms with van der Waals surface area (Å²) in [4.78, 5) is 9.28. The highest BCUT2D eigenvalue weighted by molar-refractivity contribution is 5.76. The number of anilines is 2. The molecule has 0 N–H and O–H groups in total. The third kappa shape index (κ3) is 2.90. The van der Waals surface area contributed by atoms with E-state index in [1.165, 1.54) is 16.9 Å². The Morgan fingerprint density at radius 1 is 0.696 bits per heavy atom. The zero-order valence-corrected chi connectivity index (χ0v) is 13.0. The first-order valence-electron chi connectivity index (χ1n) is 7.93. The molecular weight excluding hydrogens is 282 g/mol. The average molecular weight is 301 g/mol. The molecule has 3 nitrogen and oxygen atoms in total. The highest BCUT2D eigenvalue weighted by Gasteiger charge is 2.25. The lowest BCUT2D eigenvalue weighted by molar-refractivity contribution is 0.753. The molecule has 23 heavy (non-hydrogen) atoms. The first-order valence-corrected chi connectivity index (χ1v) is 7.93. The SMILES string of the molecule is c1ccc(CN2CN(Cc3ccccn3)c3ccccc32)cc1. The van der Waals surface area contributed by atoms with Crippen molar-refractivity contribution in [2.75, 3.05) is 16.5 Å². The van der Waals surface area contributed by atoms with Crippen molar-refractivity contribution in [3.8, 4) is 0 Å². The minimum Gasteiger partial charge on any atom is -0.348 e. The smallest absolute Gasteiger partial charge is 0.0911 e. The fraction of sp³-hybridized carbons (Fsp3) is 0.150. The lowest BCUT2D eigenvalue weighted by atomic mass is 10.2. The number of para-hydroxylation sites is 2. The van der Waals surface area contributed by atoms with Crippen LogP contribution in [0.15, 0.2) is 79.0 Å². The van der Waals surface area contributed by atoms with Gasteiger partial charge in [0.05, 0.1) is 30.3 Å². The molecule has 0 bridgehead atoms. The van der Waals surface area contributed by atoms with E-state index >= 15 is 0 Å². The van der Waals surface area contributed by atoms with Crippen LogP contribution in [0.25, 0.3) is 0 Å². The van der Waals surface area contributed by atoms with Crippen molar-refractivity contribution in [2.24, 2.45) is 0 Å². The van der Waals surface area contributed by atoms with Crippen molar-refractivity contribution in [1.29, 1.82) is 0 Å². The number of pyridine rings is 1. The van der Waals surface area contributed by atoms with Crippen molar-refractivity contribution in [3.63, 3.8) is 0 Å². The molecule has 3 aromatic rings. The maximum atomic E-state index is 4.46. The van der Waals surface area contributed by atoms with Gasteiger partial charge in [-0.2, -0.15) is 0 Å². The number of aromatic nitrogens is 1. The summed E-state index contributed by atoms with van der Waals surface area (Å²) in [6.45, 7) is 2.66. The molecular formula is C20H19N3.